The first-order valence-corrected chi connectivity index (χ1v) is 8.16. The average Bonchev–Trinajstić information content (AvgIpc) is 2.64. The lowest BCUT2D eigenvalue weighted by Gasteiger charge is -2.11. The van der Waals surface area contributed by atoms with Crippen molar-refractivity contribution in [1.82, 2.24) is 4.98 Å². The van der Waals surface area contributed by atoms with E-state index in [1.165, 1.54) is 6.20 Å². The van der Waals surface area contributed by atoms with E-state index in [1.807, 2.05) is 49.4 Å². The second kappa shape index (κ2) is 7.61. The summed E-state index contributed by atoms with van der Waals surface area (Å²) in [5.74, 6) is 0.651. The lowest BCUT2D eigenvalue weighted by atomic mass is 10.1. The third-order valence-corrected chi connectivity index (χ3v) is 3.82. The molecule has 2 aromatic carbocycles. The number of rotatable bonds is 7. The van der Waals surface area contributed by atoms with Crippen LogP contribution in [-0.2, 0) is 6.61 Å². The van der Waals surface area contributed by atoms with Gasteiger partial charge in [-0.1, -0.05) is 37.3 Å². The van der Waals surface area contributed by atoms with Crippen molar-refractivity contribution < 1.29 is 9.66 Å². The zero-order valence-corrected chi connectivity index (χ0v) is 13.9. The van der Waals surface area contributed by atoms with Gasteiger partial charge in [0.15, 0.2) is 0 Å². The quantitative estimate of drug-likeness (QED) is 0.506. The average molecular weight is 337 g/mol. The number of nitrogens with zero attached hydrogens (tertiary/aromatic N) is 2. The summed E-state index contributed by atoms with van der Waals surface area (Å²) in [6, 6.07) is 15.3. The first-order chi connectivity index (χ1) is 12.2. The normalized spacial score (nSPS) is 10.6. The van der Waals surface area contributed by atoms with Crippen LogP contribution >= 0.6 is 0 Å². The van der Waals surface area contributed by atoms with E-state index in [4.69, 9.17) is 4.74 Å². The van der Waals surface area contributed by atoms with Gasteiger partial charge in [0, 0.05) is 11.9 Å². The Balaban J connectivity index is 1.95. The molecule has 0 aliphatic heterocycles. The fraction of sp³-hybridized carbons (Fsp3) is 0.211. The van der Waals surface area contributed by atoms with Crippen LogP contribution in [0.15, 0.2) is 54.7 Å². The summed E-state index contributed by atoms with van der Waals surface area (Å²) in [6.07, 6.45) is 2.16. The maximum atomic E-state index is 11.3. The number of nitrogens with one attached hydrogen (secondary N) is 1. The Morgan fingerprint density at radius 1 is 1.20 bits per heavy atom. The van der Waals surface area contributed by atoms with Gasteiger partial charge in [0.1, 0.15) is 24.2 Å². The standard InChI is InChI=1S/C19H19N3O3/c1-2-10-20-19-16-11-15(25-13-14-6-4-3-5-7-14)8-9-17(16)21-12-18(19)22(23)24/h3-9,11-12H,2,10,13H2,1H3,(H,20,21). The van der Waals surface area contributed by atoms with Crippen LogP contribution in [0, 0.1) is 10.1 Å². The summed E-state index contributed by atoms with van der Waals surface area (Å²) in [4.78, 5) is 15.1. The molecule has 6 nitrogen and oxygen atoms in total. The summed E-state index contributed by atoms with van der Waals surface area (Å²) in [7, 11) is 0. The van der Waals surface area contributed by atoms with E-state index in [2.05, 4.69) is 10.3 Å². The van der Waals surface area contributed by atoms with E-state index >= 15 is 0 Å². The second-order valence-electron chi connectivity index (χ2n) is 5.66. The van der Waals surface area contributed by atoms with Crippen LogP contribution in [-0.4, -0.2) is 16.5 Å². The van der Waals surface area contributed by atoms with Crippen LogP contribution in [0.5, 0.6) is 5.75 Å². The molecule has 0 spiro atoms. The molecule has 1 N–H and O–H groups in total. The van der Waals surface area contributed by atoms with Crippen molar-refractivity contribution in [2.75, 3.05) is 11.9 Å². The Labute approximate surface area is 145 Å². The summed E-state index contributed by atoms with van der Waals surface area (Å²) in [5, 5.41) is 15.2. The molecule has 3 rings (SSSR count). The van der Waals surface area contributed by atoms with Gasteiger partial charge in [-0.3, -0.25) is 10.1 Å². The Bertz CT molecular complexity index is 882. The van der Waals surface area contributed by atoms with Crippen LogP contribution in [0.2, 0.25) is 0 Å². The molecule has 25 heavy (non-hydrogen) atoms. The molecular formula is C19H19N3O3. The highest BCUT2D eigenvalue weighted by Crippen LogP contribution is 2.33. The van der Waals surface area contributed by atoms with E-state index < -0.39 is 4.92 Å². The highest BCUT2D eigenvalue weighted by atomic mass is 16.6. The molecule has 0 atom stereocenters. The predicted molar refractivity (Wildman–Crippen MR) is 98.0 cm³/mol. The highest BCUT2D eigenvalue weighted by molar-refractivity contribution is 5.96. The molecule has 0 bridgehead atoms. The highest BCUT2D eigenvalue weighted by Gasteiger charge is 2.18. The second-order valence-corrected chi connectivity index (χ2v) is 5.66. The lowest BCUT2D eigenvalue weighted by molar-refractivity contribution is -0.384. The maximum absolute atomic E-state index is 11.3. The van der Waals surface area contributed by atoms with E-state index in [1.54, 1.807) is 6.07 Å². The molecule has 6 heteroatoms. The molecule has 0 saturated heterocycles. The van der Waals surface area contributed by atoms with Gasteiger partial charge in [-0.25, -0.2) is 4.98 Å². The molecule has 0 fully saturated rings. The lowest BCUT2D eigenvalue weighted by Crippen LogP contribution is -2.05. The van der Waals surface area contributed by atoms with Gasteiger partial charge in [-0.05, 0) is 30.2 Å². The fourth-order valence-corrected chi connectivity index (χ4v) is 2.57. The topological polar surface area (TPSA) is 77.3 Å². The number of benzene rings is 2. The summed E-state index contributed by atoms with van der Waals surface area (Å²) >= 11 is 0. The van der Waals surface area contributed by atoms with Crippen molar-refractivity contribution in [2.45, 2.75) is 20.0 Å². The van der Waals surface area contributed by atoms with Gasteiger partial charge in [-0.2, -0.15) is 0 Å². The molecule has 1 aromatic heterocycles. The smallest absolute Gasteiger partial charge is 0.311 e. The third kappa shape index (κ3) is 3.85. The van der Waals surface area contributed by atoms with Crippen molar-refractivity contribution in [3.05, 3.63) is 70.4 Å². The summed E-state index contributed by atoms with van der Waals surface area (Å²) in [6.45, 7) is 3.10. The minimum absolute atomic E-state index is 0.0267. The molecule has 0 aliphatic rings. The van der Waals surface area contributed by atoms with Gasteiger partial charge >= 0.3 is 5.69 Å². The molecule has 128 valence electrons. The predicted octanol–water partition coefficient (Wildman–Crippen LogP) is 4.54. The molecule has 0 amide bonds. The number of nitro groups is 1. The van der Waals surface area contributed by atoms with Crippen LogP contribution in [0.4, 0.5) is 11.4 Å². The van der Waals surface area contributed by atoms with Crippen LogP contribution in [0.3, 0.4) is 0 Å². The van der Waals surface area contributed by atoms with Gasteiger partial charge in [0.05, 0.1) is 10.4 Å². The third-order valence-electron chi connectivity index (χ3n) is 3.82. The summed E-state index contributed by atoms with van der Waals surface area (Å²) in [5.41, 5.74) is 2.21. The van der Waals surface area contributed by atoms with Crippen molar-refractivity contribution in [3.63, 3.8) is 0 Å². The molecule has 0 aliphatic carbocycles. The van der Waals surface area contributed by atoms with Gasteiger partial charge in [0.25, 0.3) is 0 Å². The van der Waals surface area contributed by atoms with E-state index in [-0.39, 0.29) is 5.69 Å². The number of aromatic nitrogens is 1. The Morgan fingerprint density at radius 2 is 2.00 bits per heavy atom. The van der Waals surface area contributed by atoms with Gasteiger partial charge in [-0.15, -0.1) is 0 Å². The van der Waals surface area contributed by atoms with Crippen molar-refractivity contribution >= 4 is 22.3 Å². The Kier molecular flexibility index (Phi) is 5.09. The van der Waals surface area contributed by atoms with Crippen molar-refractivity contribution in [2.24, 2.45) is 0 Å². The molecule has 0 unspecified atom stereocenters. The molecule has 0 radical (unpaired) electrons. The van der Waals surface area contributed by atoms with Crippen LogP contribution in [0.1, 0.15) is 18.9 Å². The van der Waals surface area contributed by atoms with E-state index in [0.717, 1.165) is 12.0 Å². The number of ether oxygens (including phenoxy) is 1. The minimum atomic E-state index is -0.415. The van der Waals surface area contributed by atoms with Gasteiger partial charge < -0.3 is 10.1 Å². The molecule has 3 aromatic rings. The SMILES string of the molecule is CCCNc1c([N+](=O)[O-])cnc2ccc(OCc3ccccc3)cc12. The van der Waals surface area contributed by atoms with Crippen molar-refractivity contribution in [3.8, 4) is 5.75 Å². The zero-order chi connectivity index (χ0) is 17.6. The van der Waals surface area contributed by atoms with Crippen LogP contribution < -0.4 is 10.1 Å². The Morgan fingerprint density at radius 3 is 2.72 bits per heavy atom. The van der Waals surface area contributed by atoms with Gasteiger partial charge in [0.2, 0.25) is 0 Å². The van der Waals surface area contributed by atoms with Crippen LogP contribution in [0.25, 0.3) is 10.9 Å². The number of hydrogen-bond donors (Lipinski definition) is 1. The molecule has 0 saturated carbocycles. The maximum Gasteiger partial charge on any atom is 0.311 e. The Hall–Kier alpha value is -3.15. The number of hydrogen-bond acceptors (Lipinski definition) is 5. The fourth-order valence-electron chi connectivity index (χ4n) is 2.57. The first kappa shape index (κ1) is 16.7. The van der Waals surface area contributed by atoms with E-state index in [9.17, 15) is 10.1 Å². The first-order valence-electron chi connectivity index (χ1n) is 8.16. The zero-order valence-electron chi connectivity index (χ0n) is 13.9. The van der Waals surface area contributed by atoms with Crippen molar-refractivity contribution in [1.29, 1.82) is 0 Å². The molecular weight excluding hydrogens is 318 g/mol. The minimum Gasteiger partial charge on any atom is -0.489 e. The number of fused-ring (bicyclic) bond motifs is 1. The van der Waals surface area contributed by atoms with E-state index in [0.29, 0.717) is 35.5 Å². The number of anilines is 1. The monoisotopic (exact) mass is 337 g/mol. The molecule has 1 heterocycles. The largest absolute Gasteiger partial charge is 0.489 e. The summed E-state index contributed by atoms with van der Waals surface area (Å²) < 4.78 is 5.83. The number of pyridine rings is 1.